The third kappa shape index (κ3) is 4.84. The second-order valence-corrected chi connectivity index (χ2v) is 9.06. The minimum atomic E-state index is -0.139. The smallest absolute Gasteiger partial charge is 0.256 e. The maximum atomic E-state index is 13.6. The molecule has 0 fully saturated rings. The third-order valence-electron chi connectivity index (χ3n) is 6.30. The number of ether oxygens (including phenoxy) is 1. The van der Waals surface area contributed by atoms with E-state index >= 15 is 0 Å². The van der Waals surface area contributed by atoms with Crippen LogP contribution in [-0.4, -0.2) is 10.9 Å². The quantitative estimate of drug-likeness (QED) is 0.276. The zero-order valence-electron chi connectivity index (χ0n) is 20.7. The Labute approximate surface area is 211 Å². The van der Waals surface area contributed by atoms with Gasteiger partial charge in [0.15, 0.2) is 0 Å². The Morgan fingerprint density at radius 2 is 1.50 bits per heavy atom. The molecular weight excluding hydrogens is 444 g/mol. The lowest BCUT2D eigenvalue weighted by Crippen LogP contribution is -2.15. The lowest BCUT2D eigenvalue weighted by atomic mass is 9.94. The van der Waals surface area contributed by atoms with E-state index in [9.17, 15) is 4.79 Å². The summed E-state index contributed by atoms with van der Waals surface area (Å²) >= 11 is 0. The molecule has 36 heavy (non-hydrogen) atoms. The number of rotatable bonds is 6. The van der Waals surface area contributed by atoms with E-state index in [4.69, 9.17) is 9.72 Å². The Morgan fingerprint density at radius 1 is 0.833 bits per heavy atom. The minimum Gasteiger partial charge on any atom is -0.489 e. The van der Waals surface area contributed by atoms with Crippen molar-refractivity contribution >= 4 is 22.5 Å². The number of nitrogens with one attached hydrogen (secondary N) is 1. The first-order chi connectivity index (χ1) is 17.5. The molecule has 0 aliphatic carbocycles. The summed E-state index contributed by atoms with van der Waals surface area (Å²) in [6, 6.07) is 31.7. The molecule has 4 nitrogen and oxygen atoms in total. The highest BCUT2D eigenvalue weighted by atomic mass is 16.5. The van der Waals surface area contributed by atoms with Crippen LogP contribution in [0.3, 0.4) is 0 Å². The first-order valence-corrected chi connectivity index (χ1v) is 12.0. The maximum absolute atomic E-state index is 13.6. The van der Waals surface area contributed by atoms with E-state index in [-0.39, 0.29) is 5.91 Å². The summed E-state index contributed by atoms with van der Waals surface area (Å²) in [5.41, 5.74) is 8.09. The number of hydrogen-bond acceptors (Lipinski definition) is 3. The van der Waals surface area contributed by atoms with Crippen molar-refractivity contribution in [1.82, 2.24) is 4.98 Å². The number of pyridine rings is 1. The molecule has 1 heterocycles. The molecule has 5 aromatic rings. The molecule has 1 amide bonds. The fourth-order valence-electron chi connectivity index (χ4n) is 4.55. The second-order valence-electron chi connectivity index (χ2n) is 9.06. The van der Waals surface area contributed by atoms with Crippen molar-refractivity contribution in [1.29, 1.82) is 0 Å². The summed E-state index contributed by atoms with van der Waals surface area (Å²) in [6.07, 6.45) is 0. The molecule has 0 spiro atoms. The zero-order valence-corrected chi connectivity index (χ0v) is 20.7. The molecule has 4 aromatic carbocycles. The van der Waals surface area contributed by atoms with Gasteiger partial charge in [-0.05, 0) is 79.9 Å². The monoisotopic (exact) mass is 472 g/mol. The fourth-order valence-corrected chi connectivity index (χ4v) is 4.55. The van der Waals surface area contributed by atoms with Gasteiger partial charge in [-0.1, -0.05) is 60.2 Å². The van der Waals surface area contributed by atoms with Crippen molar-refractivity contribution in [3.05, 3.63) is 125 Å². The standard InChI is InChI=1S/C32H28N2O2/c1-21-18-22(2)30-28(19-21)29(32(35)33-26-12-8-5-9-13-26)23(3)31(34-30)25-14-16-27(17-15-25)36-20-24-10-6-4-7-11-24/h4-19H,20H2,1-3H3,(H,33,35). The van der Waals surface area contributed by atoms with Crippen LogP contribution in [-0.2, 0) is 6.61 Å². The normalized spacial score (nSPS) is 10.9. The number of anilines is 1. The number of aromatic nitrogens is 1. The fraction of sp³-hybridized carbons (Fsp3) is 0.125. The largest absolute Gasteiger partial charge is 0.489 e. The molecule has 0 aliphatic heterocycles. The van der Waals surface area contributed by atoms with Crippen LogP contribution in [0.5, 0.6) is 5.75 Å². The van der Waals surface area contributed by atoms with E-state index in [1.807, 2.05) is 112 Å². The number of benzene rings is 4. The summed E-state index contributed by atoms with van der Waals surface area (Å²) in [4.78, 5) is 18.6. The van der Waals surface area contributed by atoms with Gasteiger partial charge >= 0.3 is 0 Å². The van der Waals surface area contributed by atoms with Crippen LogP contribution in [0.4, 0.5) is 5.69 Å². The second kappa shape index (κ2) is 10.0. The van der Waals surface area contributed by atoms with Crippen LogP contribution in [0.25, 0.3) is 22.2 Å². The molecule has 0 radical (unpaired) electrons. The highest BCUT2D eigenvalue weighted by molar-refractivity contribution is 6.15. The van der Waals surface area contributed by atoms with Crippen molar-refractivity contribution < 1.29 is 9.53 Å². The van der Waals surface area contributed by atoms with Crippen molar-refractivity contribution in [3.63, 3.8) is 0 Å². The molecule has 4 heteroatoms. The van der Waals surface area contributed by atoms with Gasteiger partial charge < -0.3 is 10.1 Å². The van der Waals surface area contributed by atoms with E-state index in [1.165, 1.54) is 0 Å². The highest BCUT2D eigenvalue weighted by Gasteiger charge is 2.20. The molecule has 1 N–H and O–H groups in total. The number of fused-ring (bicyclic) bond motifs is 1. The number of carbonyl (C=O) groups excluding carboxylic acids is 1. The Balaban J connectivity index is 1.53. The molecule has 0 saturated carbocycles. The van der Waals surface area contributed by atoms with E-state index < -0.39 is 0 Å². The minimum absolute atomic E-state index is 0.139. The lowest BCUT2D eigenvalue weighted by Gasteiger charge is -2.17. The maximum Gasteiger partial charge on any atom is 0.256 e. The number of hydrogen-bond donors (Lipinski definition) is 1. The van der Waals surface area contributed by atoms with Crippen LogP contribution < -0.4 is 10.1 Å². The van der Waals surface area contributed by atoms with Gasteiger partial charge in [0.2, 0.25) is 0 Å². The molecule has 0 bridgehead atoms. The van der Waals surface area contributed by atoms with Gasteiger partial charge in [-0.2, -0.15) is 0 Å². The van der Waals surface area contributed by atoms with Gasteiger partial charge in [0.25, 0.3) is 5.91 Å². The average molecular weight is 473 g/mol. The summed E-state index contributed by atoms with van der Waals surface area (Å²) in [5.74, 6) is 0.648. The van der Waals surface area contributed by atoms with Crippen molar-refractivity contribution in [3.8, 4) is 17.0 Å². The van der Waals surface area contributed by atoms with Crippen molar-refractivity contribution in [2.24, 2.45) is 0 Å². The third-order valence-corrected chi connectivity index (χ3v) is 6.30. The predicted molar refractivity (Wildman–Crippen MR) is 147 cm³/mol. The number of para-hydroxylation sites is 1. The number of aryl methyl sites for hydroxylation is 2. The average Bonchev–Trinajstić information content (AvgIpc) is 2.88. The van der Waals surface area contributed by atoms with Crippen LogP contribution in [0, 0.1) is 20.8 Å². The molecule has 1 aromatic heterocycles. The van der Waals surface area contributed by atoms with Gasteiger partial charge in [0.1, 0.15) is 12.4 Å². The summed E-state index contributed by atoms with van der Waals surface area (Å²) in [5, 5.41) is 3.93. The Kier molecular flexibility index (Phi) is 6.50. The summed E-state index contributed by atoms with van der Waals surface area (Å²) in [7, 11) is 0. The van der Waals surface area contributed by atoms with E-state index in [0.717, 1.165) is 55.9 Å². The first-order valence-electron chi connectivity index (χ1n) is 12.0. The van der Waals surface area contributed by atoms with E-state index in [0.29, 0.717) is 12.2 Å². The molecular formula is C32H28N2O2. The molecule has 0 unspecified atom stereocenters. The molecule has 0 aliphatic rings. The Bertz CT molecular complexity index is 1530. The molecule has 0 saturated heterocycles. The molecule has 5 rings (SSSR count). The first kappa shape index (κ1) is 23.3. The van der Waals surface area contributed by atoms with E-state index in [2.05, 4.69) is 11.4 Å². The molecule has 0 atom stereocenters. The van der Waals surface area contributed by atoms with E-state index in [1.54, 1.807) is 0 Å². The van der Waals surface area contributed by atoms with Gasteiger partial charge in [-0.15, -0.1) is 0 Å². The lowest BCUT2D eigenvalue weighted by molar-refractivity contribution is 0.102. The number of nitrogens with zero attached hydrogens (tertiary/aromatic N) is 1. The number of amides is 1. The Morgan fingerprint density at radius 3 is 2.19 bits per heavy atom. The van der Waals surface area contributed by atoms with Crippen LogP contribution >= 0.6 is 0 Å². The summed E-state index contributed by atoms with van der Waals surface area (Å²) < 4.78 is 5.96. The zero-order chi connectivity index (χ0) is 25.1. The van der Waals surface area contributed by atoms with Crippen molar-refractivity contribution in [2.75, 3.05) is 5.32 Å². The van der Waals surface area contributed by atoms with Crippen LogP contribution in [0.2, 0.25) is 0 Å². The van der Waals surface area contributed by atoms with Gasteiger partial charge in [-0.25, -0.2) is 4.98 Å². The predicted octanol–water partition coefficient (Wildman–Crippen LogP) is 7.66. The number of carbonyl (C=O) groups is 1. The highest BCUT2D eigenvalue weighted by Crippen LogP contribution is 2.33. The Hall–Kier alpha value is -4.44. The summed E-state index contributed by atoms with van der Waals surface area (Å²) in [6.45, 7) is 6.57. The molecule has 178 valence electrons. The van der Waals surface area contributed by atoms with Crippen LogP contribution in [0.1, 0.15) is 32.6 Å². The van der Waals surface area contributed by atoms with Crippen LogP contribution in [0.15, 0.2) is 97.1 Å². The topological polar surface area (TPSA) is 51.2 Å². The van der Waals surface area contributed by atoms with Gasteiger partial charge in [0, 0.05) is 16.6 Å². The van der Waals surface area contributed by atoms with Gasteiger partial charge in [-0.3, -0.25) is 4.79 Å². The van der Waals surface area contributed by atoms with Gasteiger partial charge in [0.05, 0.1) is 16.8 Å². The SMILES string of the molecule is Cc1cc(C)c2nc(-c3ccc(OCc4ccccc4)cc3)c(C)c(C(=O)Nc3ccccc3)c2c1. The van der Waals surface area contributed by atoms with Crippen molar-refractivity contribution in [2.45, 2.75) is 27.4 Å².